The van der Waals surface area contributed by atoms with Gasteiger partial charge in [0.2, 0.25) is 0 Å². The van der Waals surface area contributed by atoms with E-state index in [1.807, 2.05) is 68.6 Å². The molecule has 0 amide bonds. The van der Waals surface area contributed by atoms with Crippen LogP contribution in [0, 0.1) is 52.2 Å². The van der Waals surface area contributed by atoms with E-state index in [-0.39, 0.29) is 318 Å². The molecule has 0 spiro atoms. The molecule has 6 heterocycles. The van der Waals surface area contributed by atoms with Crippen LogP contribution in [-0.2, 0) is 370 Å². The predicted molar refractivity (Wildman–Crippen MR) is 207 cm³/mol. The Morgan fingerprint density at radius 1 is 0.603 bits per heavy atom. The van der Waals surface area contributed by atoms with Crippen LogP contribution in [0.3, 0.4) is 0 Å². The van der Waals surface area contributed by atoms with Gasteiger partial charge in [0.05, 0.1) is 0 Å². The summed E-state index contributed by atoms with van der Waals surface area (Å²) in [6.07, 6.45) is 5.92. The number of H-pyrrole nitrogens is 1. The average molecular weight is 3400 g/mol. The molecular weight excluding hydrogens is 3360 g/mol. The molecule has 2 aromatic carbocycles. The van der Waals surface area contributed by atoms with Gasteiger partial charge in [-0.2, -0.15) is 0 Å². The summed E-state index contributed by atoms with van der Waals surface area (Å²) >= 11 is 6.77. The number of aryl methyl sites for hydroxylation is 4. The van der Waals surface area contributed by atoms with E-state index in [0.29, 0.717) is 0 Å². The summed E-state index contributed by atoms with van der Waals surface area (Å²) in [6, 6.07) is 26.0. The van der Waals surface area contributed by atoms with E-state index < -0.39 is 0 Å². The number of aromatic nitrogens is 4. The van der Waals surface area contributed by atoms with Gasteiger partial charge in [0, 0.05) is 318 Å². The number of benzene rings is 2. The van der Waals surface area contributed by atoms with Gasteiger partial charge in [0.1, 0.15) is 0 Å². The molecule has 0 atom stereocenters. The first-order valence-electron chi connectivity index (χ1n) is 16.5. The molecule has 1 N–H and O–H groups in total. The number of rotatable bonds is 6. The summed E-state index contributed by atoms with van der Waals surface area (Å²) in [5.74, 6) is 0. The van der Waals surface area contributed by atoms with E-state index in [0.717, 1.165) is 46.0 Å². The molecule has 2 radical (unpaired) electrons. The Hall–Kier alpha value is 7.45. The molecule has 8 rings (SSSR count). The van der Waals surface area contributed by atoms with Crippen LogP contribution < -0.4 is 0 Å². The third kappa shape index (κ3) is 23.3. The van der Waals surface area contributed by atoms with Crippen molar-refractivity contribution < 1.29 is 357 Å². The molecule has 4 nitrogen and oxygen atoms in total. The van der Waals surface area contributed by atoms with Crippen LogP contribution in [0.5, 0.6) is 0 Å². The molecular formula is C41H40N4S2W14Y2-4. The minimum atomic E-state index is 0. The maximum atomic E-state index is 4.28. The predicted octanol–water partition coefficient (Wildman–Crippen LogP) is 10.9. The van der Waals surface area contributed by atoms with Gasteiger partial charge in [-0.1, -0.05) is 27.7 Å². The van der Waals surface area contributed by atoms with Crippen molar-refractivity contribution in [3.8, 4) is 22.5 Å². The third-order valence-corrected chi connectivity index (χ3v) is 11.5. The maximum Gasteiger partial charge on any atom is 0 e. The summed E-state index contributed by atoms with van der Waals surface area (Å²) in [5, 5.41) is 2.13. The first-order chi connectivity index (χ1) is 23.9. The molecule has 0 unspecified atom stereocenters. The fraction of sp³-hybridized carbons (Fsp3) is 0.244. The van der Waals surface area contributed by atoms with Gasteiger partial charge in [-0.25, -0.2) is 0 Å². The van der Waals surface area contributed by atoms with Gasteiger partial charge in [-0.05, 0) is 0 Å². The Morgan fingerprint density at radius 2 is 1.02 bits per heavy atom. The van der Waals surface area contributed by atoms with E-state index in [4.69, 9.17) is 0 Å². The van der Waals surface area contributed by atoms with Crippen LogP contribution in [0.15, 0.2) is 54.6 Å². The zero-order valence-corrected chi connectivity index (χ0v) is 83.7. The fourth-order valence-electron chi connectivity index (χ4n) is 6.17. The Bertz CT molecular complexity index is 2430. The molecule has 0 saturated heterocycles. The first-order valence-corrected chi connectivity index (χ1v) is 21.6. The van der Waals surface area contributed by atoms with Gasteiger partial charge in [-0.15, -0.1) is 0 Å². The van der Waals surface area contributed by atoms with Gasteiger partial charge in [0.25, 0.3) is 0 Å². The second-order valence-corrected chi connectivity index (χ2v) is 15.9. The van der Waals surface area contributed by atoms with Crippen molar-refractivity contribution in [2.75, 3.05) is 0 Å². The molecule has 330 valence electrons. The average Bonchev–Trinajstić information content (AvgIpc) is 3.94. The molecule has 0 bridgehead atoms. The van der Waals surface area contributed by atoms with Crippen LogP contribution in [0.2, 0.25) is 0 Å². The minimum absolute atomic E-state index is 0. The van der Waals surface area contributed by atoms with Crippen LogP contribution in [0.1, 0.15) is 48.6 Å². The van der Waals surface area contributed by atoms with Gasteiger partial charge in [-0.3, -0.25) is 0 Å². The van der Waals surface area contributed by atoms with E-state index in [2.05, 4.69) is 117 Å². The second kappa shape index (κ2) is 47.9. The number of hydrogen-bond donors (Lipinski definition) is 1. The maximum absolute atomic E-state index is 4.28. The molecule has 0 aliphatic carbocycles. The van der Waals surface area contributed by atoms with Crippen LogP contribution in [0.25, 0.3) is 64.8 Å². The third-order valence-electron chi connectivity index (χ3n) is 8.07. The SMILES string of the molecule is CC.CC.Cc1cc2c(s1)c(C)c(-c1[c-]c3c[c-][nH]c3cc1)n2C[CH]=[W].Cc1cc2c(s1)c(C)c(-c1[c-]c3cc[c-]nc3cc1)n2C[CH]=[W].[W].[W].[W].[W].[W].[W].[W].[W].[W].[W].[W].[W].[Y].[Y]. The van der Waals surface area contributed by atoms with E-state index in [1.165, 1.54) is 91.4 Å². The van der Waals surface area contributed by atoms with Crippen molar-refractivity contribution in [1.82, 2.24) is 19.1 Å². The molecule has 6 aromatic heterocycles. The Kier molecular flexibility index (Phi) is 70.7. The number of thiophene rings is 2. The first kappa shape index (κ1) is 93.0. The van der Waals surface area contributed by atoms with Crippen molar-refractivity contribution in [2.24, 2.45) is 0 Å². The Balaban J connectivity index is -0.0000000856. The number of pyridine rings is 1. The van der Waals surface area contributed by atoms with Gasteiger partial charge < -0.3 is 0 Å². The topological polar surface area (TPSA) is 38.5 Å². The minimum Gasteiger partial charge on any atom is 0 e. The molecule has 8 aromatic rings. The summed E-state index contributed by atoms with van der Waals surface area (Å²) in [7, 11) is 0. The van der Waals surface area contributed by atoms with Crippen LogP contribution in [0.4, 0.5) is 0 Å². The zero-order chi connectivity index (χ0) is 35.2. The number of fused-ring (bicyclic) bond motifs is 4. The van der Waals surface area contributed by atoms with Crippen molar-refractivity contribution in [2.45, 2.75) is 68.5 Å². The zero-order valence-electron chi connectivity index (χ0n) is 35.3. The number of nitrogens with one attached hydrogen (secondary N) is 1. The van der Waals surface area contributed by atoms with Crippen molar-refractivity contribution in [3.63, 3.8) is 0 Å². The molecule has 0 aliphatic rings. The molecule has 0 fully saturated rings. The number of aromatic amines is 1. The summed E-state index contributed by atoms with van der Waals surface area (Å²) < 4.78 is 12.2. The molecule has 0 aliphatic heterocycles. The van der Waals surface area contributed by atoms with Crippen molar-refractivity contribution in [3.05, 3.63) is 100 Å². The molecule has 63 heavy (non-hydrogen) atoms. The van der Waals surface area contributed by atoms with Gasteiger partial charge in [0.15, 0.2) is 0 Å². The summed E-state index contributed by atoms with van der Waals surface area (Å²) in [6.45, 7) is 18.7. The second-order valence-electron chi connectivity index (χ2n) is 11.0. The summed E-state index contributed by atoms with van der Waals surface area (Å²) in [5.41, 5.74) is 12.3. The standard InChI is InChI=1S/C19H14N2S.C18H14N2S.2C2H6.14W.2Y/c1-4-21-17-10-12(2)22-19(17)13(3)18(21)15-7-8-16-14(11-15)6-5-9-20-16;1-4-20-16-9-11(2)21-18(16)12(3)17(20)14-5-6-15-13(10-14)7-8-19-15;2*1-2;;;;;;;;;;;;;;;;/h1,5-8,10H,4H2,2-3H3;1,5-7,9,19H,4H2,2-3H3;2*1-2H3;;;;;;;;;;;;;;;;/q2*-2;;;;;;;;;;;;;;;;;;. The Morgan fingerprint density at radius 3 is 1.44 bits per heavy atom. The van der Waals surface area contributed by atoms with E-state index in [9.17, 15) is 0 Å². The molecule has 0 saturated carbocycles. The van der Waals surface area contributed by atoms with Crippen molar-refractivity contribution >= 4 is 73.7 Å². The number of hydrogen-bond acceptors (Lipinski definition) is 3. The Labute approximate surface area is 627 Å². The van der Waals surface area contributed by atoms with Crippen LogP contribution >= 0.6 is 22.7 Å². The molecule has 22 heteroatoms. The fourth-order valence-corrected chi connectivity index (χ4v) is 9.28. The van der Waals surface area contributed by atoms with Crippen LogP contribution in [-0.4, -0.2) is 27.9 Å². The summed E-state index contributed by atoms with van der Waals surface area (Å²) in [4.78, 5) is 10.1. The quantitative estimate of drug-likeness (QED) is 0.166. The normalized spacial score (nSPS) is 8.38. The van der Waals surface area contributed by atoms with E-state index >= 15 is 0 Å². The number of nitrogens with zero attached hydrogens (tertiary/aromatic N) is 3. The van der Waals surface area contributed by atoms with Crippen molar-refractivity contribution in [1.29, 1.82) is 0 Å². The monoisotopic (exact) mass is 3410 g/mol. The van der Waals surface area contributed by atoms with E-state index in [1.54, 1.807) is 0 Å². The smallest absolute Gasteiger partial charge is 0 e. The largest absolute Gasteiger partial charge is 0 e. The van der Waals surface area contributed by atoms with Gasteiger partial charge >= 0.3 is 295 Å².